The van der Waals surface area contributed by atoms with Crippen LogP contribution in [0.5, 0.6) is 0 Å². The number of para-hydroxylation sites is 1. The molecule has 44 heavy (non-hydrogen) atoms. The van der Waals surface area contributed by atoms with Gasteiger partial charge in [-0.2, -0.15) is 0 Å². The zero-order valence-electron chi connectivity index (χ0n) is 28.7. The van der Waals surface area contributed by atoms with Gasteiger partial charge in [0.05, 0.1) is 19.5 Å². The number of aliphatic hydroxyl groups excluding tert-OH is 1. The smallest absolute Gasteiger partial charge is 0.162 e. The Bertz CT molecular complexity index is 1760. The van der Waals surface area contributed by atoms with Gasteiger partial charge in [0, 0.05) is 44.2 Å². The Hall–Kier alpha value is -2.53. The normalized spacial score (nSPS) is 13.0. The molecule has 3 aromatic heterocycles. The number of ketones is 1. The van der Waals surface area contributed by atoms with Crippen LogP contribution in [0.15, 0.2) is 54.4 Å². The molecule has 6 heteroatoms. The topological polar surface area (TPSA) is 54.6 Å². The zero-order valence-corrected chi connectivity index (χ0v) is 32.1. The molecule has 2 aromatic carbocycles. The van der Waals surface area contributed by atoms with E-state index in [0.717, 1.165) is 5.65 Å². The number of aliphatic hydroxyl groups is 1. The van der Waals surface area contributed by atoms with E-state index in [9.17, 15) is 9.90 Å². The van der Waals surface area contributed by atoms with Gasteiger partial charge < -0.3 is 9.51 Å². The van der Waals surface area contributed by atoms with E-state index in [1.54, 1.807) is 0 Å². The Kier molecular flexibility index (Phi) is 11.3. The van der Waals surface area contributed by atoms with Crippen LogP contribution >= 0.6 is 0 Å². The molecule has 0 aliphatic heterocycles. The average Bonchev–Trinajstić information content (AvgIpc) is 3.23. The maximum Gasteiger partial charge on any atom is 0.162 e. The maximum absolute atomic E-state index is 12.3. The van der Waals surface area contributed by atoms with Crippen molar-refractivity contribution < 1.29 is 30.0 Å². The third kappa shape index (κ3) is 6.98. The minimum atomic E-state index is -1.40. The first-order valence-corrected chi connectivity index (χ1v) is 19.5. The predicted octanol–water partition coefficient (Wildman–Crippen LogP) is 9.74. The second kappa shape index (κ2) is 13.8. The summed E-state index contributed by atoms with van der Waals surface area (Å²) in [4.78, 5) is 17.1. The Morgan fingerprint density at radius 2 is 1.43 bits per heavy atom. The van der Waals surface area contributed by atoms with Crippen LogP contribution in [0.1, 0.15) is 61.0 Å². The second-order valence-electron chi connectivity index (χ2n) is 14.8. The average molecular weight is 788 g/mol. The molecular weight excluding hydrogens is 737 g/mol. The number of carbonyl (C=O) groups is 1. The molecule has 0 amide bonds. The van der Waals surface area contributed by atoms with Gasteiger partial charge in [0.25, 0.3) is 0 Å². The number of rotatable bonds is 8. The minimum absolute atomic E-state index is 0. The van der Waals surface area contributed by atoms with Gasteiger partial charge in [0.2, 0.25) is 0 Å². The van der Waals surface area contributed by atoms with E-state index in [2.05, 4.69) is 129 Å². The largest absolute Gasteiger partial charge is 0.512 e. The fraction of sp³-hybridized carbons (Fsp3) is 0.474. The third-order valence-electron chi connectivity index (χ3n) is 8.99. The number of nitrogens with zero attached hydrogens (tertiary/aromatic N) is 2. The van der Waals surface area contributed by atoms with Crippen molar-refractivity contribution in [2.45, 2.75) is 82.0 Å². The Morgan fingerprint density at radius 3 is 1.98 bits per heavy atom. The summed E-state index contributed by atoms with van der Waals surface area (Å²) in [6, 6.07) is 13.5. The summed E-state index contributed by atoms with van der Waals surface area (Å²) in [6.07, 6.45) is 6.91. The van der Waals surface area contributed by atoms with Crippen LogP contribution in [0, 0.1) is 48.6 Å². The number of hydrogen-bond acceptors (Lipinski definition) is 3. The molecule has 0 aliphatic carbocycles. The van der Waals surface area contributed by atoms with Crippen molar-refractivity contribution in [3.8, 4) is 0 Å². The van der Waals surface area contributed by atoms with E-state index < -0.39 is 8.07 Å². The number of fused-ring (bicyclic) bond motifs is 2. The molecule has 5 aromatic rings. The quantitative estimate of drug-likeness (QED) is 0.0426. The summed E-state index contributed by atoms with van der Waals surface area (Å²) >= 11 is 0. The van der Waals surface area contributed by atoms with Crippen LogP contribution in [-0.4, -0.2) is 28.3 Å². The molecule has 1 N–H and O–H groups in total. The van der Waals surface area contributed by atoms with Crippen LogP contribution in [0.4, 0.5) is 0 Å². The molecule has 5 rings (SSSR count). The number of allylic oxidation sites excluding steroid dienone is 2. The van der Waals surface area contributed by atoms with Crippen LogP contribution in [-0.2, 0) is 24.9 Å². The van der Waals surface area contributed by atoms with E-state index in [1.165, 1.54) is 49.3 Å². The van der Waals surface area contributed by atoms with E-state index in [-0.39, 0.29) is 43.5 Å². The molecule has 3 heterocycles. The molecule has 4 nitrogen and oxygen atoms in total. The summed E-state index contributed by atoms with van der Waals surface area (Å²) in [5.74, 6) is 1.63. The molecule has 0 fully saturated rings. The van der Waals surface area contributed by atoms with E-state index in [0.29, 0.717) is 23.7 Å². The molecule has 1 radical (unpaired) electrons. The van der Waals surface area contributed by atoms with Gasteiger partial charge in [-0.15, -0.1) is 17.0 Å². The molecule has 0 atom stereocenters. The van der Waals surface area contributed by atoms with Gasteiger partial charge in [0.15, 0.2) is 5.78 Å². The Balaban J connectivity index is 0.000000244. The van der Waals surface area contributed by atoms with Gasteiger partial charge in [-0.25, -0.2) is 0 Å². The standard InChI is InChI=1S/C21H19N2Si.C17H32O2.Ir/c1-13-12-23-20-16(13)6-5-7-17(20)18-11-15(24(2,3)4)10-14-8-9-22-21(23)19(14)18;1-10(2)16(11(3)4)14(18)9-15(19)17(12(5)6)13(7)8;/h5-11H,1-4H3;9-13,16-18H,1-8H3;/q-1;;/b;14-9-;. The molecule has 0 bridgehead atoms. The summed E-state index contributed by atoms with van der Waals surface area (Å²) < 4.78 is 2.16. The van der Waals surface area contributed by atoms with Crippen molar-refractivity contribution in [3.63, 3.8) is 0 Å². The van der Waals surface area contributed by atoms with Gasteiger partial charge in [-0.05, 0) is 51.3 Å². The van der Waals surface area contributed by atoms with Crippen molar-refractivity contribution in [3.05, 3.63) is 66.2 Å². The Labute approximate surface area is 279 Å². The van der Waals surface area contributed by atoms with Gasteiger partial charge >= 0.3 is 0 Å². The first-order chi connectivity index (χ1) is 20.0. The summed E-state index contributed by atoms with van der Waals surface area (Å²) in [7, 11) is -1.40. The van der Waals surface area contributed by atoms with Crippen molar-refractivity contribution in [1.29, 1.82) is 0 Å². The van der Waals surface area contributed by atoms with Crippen LogP contribution in [0.2, 0.25) is 19.6 Å². The molecule has 0 saturated heterocycles. The number of benzene rings is 2. The summed E-state index contributed by atoms with van der Waals surface area (Å²) in [6.45, 7) is 26.0. The number of pyridine rings is 2. The second-order valence-corrected chi connectivity index (χ2v) is 19.9. The number of carbonyl (C=O) groups excluding carboxylic acids is 1. The Morgan fingerprint density at radius 1 is 0.864 bits per heavy atom. The maximum atomic E-state index is 12.3. The molecular formula is C38H51IrN2O2Si-. The van der Waals surface area contributed by atoms with Crippen molar-refractivity contribution >= 4 is 57.1 Å². The molecule has 239 valence electrons. The molecule has 0 saturated carbocycles. The number of aryl methyl sites for hydroxylation is 1. The molecule has 0 unspecified atom stereocenters. The van der Waals surface area contributed by atoms with Crippen LogP contribution in [0.25, 0.3) is 38.1 Å². The van der Waals surface area contributed by atoms with Crippen molar-refractivity contribution in [2.75, 3.05) is 0 Å². The third-order valence-corrected chi connectivity index (χ3v) is 11.0. The van der Waals surface area contributed by atoms with E-state index >= 15 is 0 Å². The number of hydrogen-bond donors (Lipinski definition) is 1. The summed E-state index contributed by atoms with van der Waals surface area (Å²) in [5.41, 5.74) is 3.44. The predicted molar refractivity (Wildman–Crippen MR) is 187 cm³/mol. The van der Waals surface area contributed by atoms with Gasteiger partial charge in [-0.3, -0.25) is 9.78 Å². The van der Waals surface area contributed by atoms with Crippen molar-refractivity contribution in [2.24, 2.45) is 35.5 Å². The number of aromatic nitrogens is 2. The minimum Gasteiger partial charge on any atom is -0.512 e. The fourth-order valence-electron chi connectivity index (χ4n) is 7.08. The molecule has 0 aliphatic rings. The first-order valence-electron chi connectivity index (χ1n) is 16.0. The first kappa shape index (κ1) is 35.9. The molecule has 0 spiro atoms. The van der Waals surface area contributed by atoms with Crippen molar-refractivity contribution in [1.82, 2.24) is 9.38 Å². The van der Waals surface area contributed by atoms with E-state index in [4.69, 9.17) is 4.98 Å². The fourth-order valence-corrected chi connectivity index (χ4v) is 8.24. The van der Waals surface area contributed by atoms with Gasteiger partial charge in [-0.1, -0.05) is 123 Å². The zero-order chi connectivity index (χ0) is 32.0. The SMILES string of the molecule is CC(C)C(C(=O)/C=C(\O)C(C(C)C)C(C)C)C(C)C.Cc1[c-]n2c3nccc4cc([Si](C)(C)C)cc(c5cccc1c52)c43.[Ir]. The monoisotopic (exact) mass is 788 g/mol. The van der Waals surface area contributed by atoms with Crippen LogP contribution < -0.4 is 5.19 Å². The van der Waals surface area contributed by atoms with Gasteiger partial charge in [0.1, 0.15) is 0 Å². The summed E-state index contributed by atoms with van der Waals surface area (Å²) in [5, 5.41) is 18.2. The van der Waals surface area contributed by atoms with Crippen LogP contribution in [0.3, 0.4) is 0 Å². The van der Waals surface area contributed by atoms with E-state index in [1.807, 2.05) is 6.20 Å².